The Kier molecular flexibility index (Phi) is 1.83. The first kappa shape index (κ1) is 7.11. The third-order valence-electron chi connectivity index (χ3n) is 2.98. The summed E-state index contributed by atoms with van der Waals surface area (Å²) in [5.41, 5.74) is 0.760. The van der Waals surface area contributed by atoms with Gasteiger partial charge in [0, 0.05) is 0 Å². The molecule has 0 unspecified atom stereocenters. The van der Waals surface area contributed by atoms with Gasteiger partial charge in [-0.25, -0.2) is 0 Å². The Morgan fingerprint density at radius 3 is 2.44 bits per heavy atom. The van der Waals surface area contributed by atoms with Gasteiger partial charge < -0.3 is 0 Å². The summed E-state index contributed by atoms with van der Waals surface area (Å²) in [6.45, 7) is 7.03. The van der Waals surface area contributed by atoms with Crippen LogP contribution in [0.1, 0.15) is 46.5 Å². The Hall–Kier alpha value is 0. The molecule has 0 nitrogen and oxygen atoms in total. The molecule has 9 heavy (non-hydrogen) atoms. The van der Waals surface area contributed by atoms with Crippen LogP contribution in [0.3, 0.4) is 0 Å². The summed E-state index contributed by atoms with van der Waals surface area (Å²) in [6.07, 6.45) is 5.72. The van der Waals surface area contributed by atoms with Crippen LogP contribution in [0, 0.1) is 11.3 Å². The van der Waals surface area contributed by atoms with Crippen molar-refractivity contribution in [1.29, 1.82) is 0 Å². The molecule has 0 aromatic rings. The van der Waals surface area contributed by atoms with E-state index in [-0.39, 0.29) is 0 Å². The Labute approximate surface area is 58.7 Å². The molecule has 0 heterocycles. The first-order valence-corrected chi connectivity index (χ1v) is 4.23. The minimum Gasteiger partial charge on any atom is -0.0654 e. The zero-order valence-corrected chi connectivity index (χ0v) is 6.91. The van der Waals surface area contributed by atoms with E-state index in [1.807, 2.05) is 0 Å². The molecule has 0 spiro atoms. The van der Waals surface area contributed by atoms with E-state index in [1.54, 1.807) is 0 Å². The molecule has 0 N–H and O–H groups in total. The average molecular weight is 126 g/mol. The second-order valence-electron chi connectivity index (χ2n) is 3.70. The van der Waals surface area contributed by atoms with Crippen molar-refractivity contribution in [2.75, 3.05) is 0 Å². The molecule has 0 saturated heterocycles. The molecular formula is C9H18. The number of hydrogen-bond donors (Lipinski definition) is 0. The lowest BCUT2D eigenvalue weighted by Gasteiger charge is -2.04. The molecule has 1 rings (SSSR count). The van der Waals surface area contributed by atoms with Crippen molar-refractivity contribution in [3.8, 4) is 0 Å². The summed E-state index contributed by atoms with van der Waals surface area (Å²) in [6, 6.07) is 0. The third kappa shape index (κ3) is 1.28. The van der Waals surface area contributed by atoms with E-state index < -0.39 is 0 Å². The van der Waals surface area contributed by atoms with Crippen LogP contribution in [0.4, 0.5) is 0 Å². The molecule has 1 aliphatic rings. The molecule has 0 aromatic heterocycles. The maximum atomic E-state index is 2.42. The van der Waals surface area contributed by atoms with Gasteiger partial charge >= 0.3 is 0 Å². The molecule has 0 amide bonds. The minimum atomic E-state index is 0.760. The fourth-order valence-corrected chi connectivity index (χ4v) is 1.74. The first-order chi connectivity index (χ1) is 4.23. The van der Waals surface area contributed by atoms with Crippen LogP contribution >= 0.6 is 0 Å². The van der Waals surface area contributed by atoms with Crippen LogP contribution in [0.5, 0.6) is 0 Å². The Balaban J connectivity index is 2.22. The van der Waals surface area contributed by atoms with Gasteiger partial charge in [0.25, 0.3) is 0 Å². The second-order valence-corrected chi connectivity index (χ2v) is 3.70. The van der Waals surface area contributed by atoms with Gasteiger partial charge in [-0.15, -0.1) is 0 Å². The van der Waals surface area contributed by atoms with E-state index in [2.05, 4.69) is 20.8 Å². The molecule has 1 aliphatic carbocycles. The largest absolute Gasteiger partial charge is 0.0654 e. The highest BCUT2D eigenvalue weighted by molar-refractivity contribution is 4.96. The first-order valence-electron chi connectivity index (χ1n) is 4.23. The standard InChI is InChI=1S/C9H18/c1-4-6-8-7-9(8,3)5-2/h8H,4-7H2,1-3H3/t8-,9+/m1/s1. The Morgan fingerprint density at radius 2 is 2.11 bits per heavy atom. The zero-order valence-electron chi connectivity index (χ0n) is 6.91. The van der Waals surface area contributed by atoms with Crippen LogP contribution in [-0.2, 0) is 0 Å². The van der Waals surface area contributed by atoms with Crippen LogP contribution < -0.4 is 0 Å². The minimum absolute atomic E-state index is 0.760. The van der Waals surface area contributed by atoms with Gasteiger partial charge in [-0.2, -0.15) is 0 Å². The predicted molar refractivity (Wildman–Crippen MR) is 41.4 cm³/mol. The van der Waals surface area contributed by atoms with Crippen molar-refractivity contribution in [3.05, 3.63) is 0 Å². The fraction of sp³-hybridized carbons (Fsp3) is 1.00. The fourth-order valence-electron chi connectivity index (χ4n) is 1.74. The van der Waals surface area contributed by atoms with Crippen molar-refractivity contribution < 1.29 is 0 Å². The third-order valence-corrected chi connectivity index (χ3v) is 2.98. The average Bonchev–Trinajstić information content (AvgIpc) is 2.46. The molecule has 0 radical (unpaired) electrons. The van der Waals surface area contributed by atoms with Crippen LogP contribution in [-0.4, -0.2) is 0 Å². The maximum Gasteiger partial charge on any atom is -0.0297 e. The molecular weight excluding hydrogens is 108 g/mol. The van der Waals surface area contributed by atoms with Gasteiger partial charge in [0.15, 0.2) is 0 Å². The summed E-state index contributed by atoms with van der Waals surface area (Å²) in [5, 5.41) is 0. The highest BCUT2D eigenvalue weighted by Gasteiger charge is 2.46. The van der Waals surface area contributed by atoms with Crippen molar-refractivity contribution in [1.82, 2.24) is 0 Å². The van der Waals surface area contributed by atoms with Gasteiger partial charge in [-0.3, -0.25) is 0 Å². The molecule has 0 bridgehead atoms. The van der Waals surface area contributed by atoms with Crippen LogP contribution in [0.15, 0.2) is 0 Å². The topological polar surface area (TPSA) is 0 Å². The summed E-state index contributed by atoms with van der Waals surface area (Å²) in [7, 11) is 0. The smallest absolute Gasteiger partial charge is 0.0297 e. The van der Waals surface area contributed by atoms with Crippen LogP contribution in [0.25, 0.3) is 0 Å². The van der Waals surface area contributed by atoms with E-state index >= 15 is 0 Å². The van der Waals surface area contributed by atoms with Gasteiger partial charge in [-0.1, -0.05) is 40.0 Å². The molecule has 54 valence electrons. The lowest BCUT2D eigenvalue weighted by Crippen LogP contribution is -1.94. The van der Waals surface area contributed by atoms with Crippen molar-refractivity contribution in [2.45, 2.75) is 46.5 Å². The number of rotatable bonds is 3. The van der Waals surface area contributed by atoms with E-state index in [1.165, 1.54) is 25.7 Å². The molecule has 2 atom stereocenters. The van der Waals surface area contributed by atoms with E-state index in [9.17, 15) is 0 Å². The second kappa shape index (κ2) is 2.32. The monoisotopic (exact) mass is 126 g/mol. The molecule has 1 saturated carbocycles. The maximum absolute atomic E-state index is 2.42. The van der Waals surface area contributed by atoms with E-state index in [0.29, 0.717) is 0 Å². The summed E-state index contributed by atoms with van der Waals surface area (Å²) < 4.78 is 0. The molecule has 0 aliphatic heterocycles. The van der Waals surface area contributed by atoms with E-state index in [0.717, 1.165) is 11.3 Å². The van der Waals surface area contributed by atoms with Gasteiger partial charge in [0.05, 0.1) is 0 Å². The summed E-state index contributed by atoms with van der Waals surface area (Å²) in [5.74, 6) is 1.08. The number of hydrogen-bond acceptors (Lipinski definition) is 0. The van der Waals surface area contributed by atoms with Gasteiger partial charge in [0.1, 0.15) is 0 Å². The van der Waals surface area contributed by atoms with Crippen molar-refractivity contribution >= 4 is 0 Å². The van der Waals surface area contributed by atoms with Crippen LogP contribution in [0.2, 0.25) is 0 Å². The predicted octanol–water partition coefficient (Wildman–Crippen LogP) is 3.22. The Bertz CT molecular complexity index is 94.2. The Morgan fingerprint density at radius 1 is 1.44 bits per heavy atom. The SMILES string of the molecule is CCC[C@@H]1C[C@]1(C)CC. The lowest BCUT2D eigenvalue weighted by molar-refractivity contribution is 0.465. The normalized spacial score (nSPS) is 41.0. The molecule has 1 fully saturated rings. The zero-order chi connectivity index (χ0) is 6.91. The van der Waals surface area contributed by atoms with Crippen molar-refractivity contribution in [3.63, 3.8) is 0 Å². The summed E-state index contributed by atoms with van der Waals surface area (Å²) >= 11 is 0. The van der Waals surface area contributed by atoms with E-state index in [4.69, 9.17) is 0 Å². The summed E-state index contributed by atoms with van der Waals surface area (Å²) in [4.78, 5) is 0. The van der Waals surface area contributed by atoms with Crippen molar-refractivity contribution in [2.24, 2.45) is 11.3 Å². The highest BCUT2D eigenvalue weighted by Crippen LogP contribution is 2.56. The molecule has 0 aromatic carbocycles. The lowest BCUT2D eigenvalue weighted by atomic mass is 10.0. The highest BCUT2D eigenvalue weighted by atomic mass is 14.5. The van der Waals surface area contributed by atoms with Gasteiger partial charge in [0.2, 0.25) is 0 Å². The quantitative estimate of drug-likeness (QED) is 0.544. The van der Waals surface area contributed by atoms with Gasteiger partial charge in [-0.05, 0) is 17.8 Å². The molecule has 0 heteroatoms.